The van der Waals surface area contributed by atoms with E-state index in [0.717, 1.165) is 42.3 Å². The van der Waals surface area contributed by atoms with Crippen molar-refractivity contribution in [1.82, 2.24) is 5.32 Å². The molecule has 2 aromatic rings. The van der Waals surface area contributed by atoms with Crippen molar-refractivity contribution in [2.75, 3.05) is 6.54 Å². The molecular weight excluding hydrogens is 306 g/mol. The molecule has 1 aromatic carbocycles. The molecule has 0 unspecified atom stereocenters. The van der Waals surface area contributed by atoms with Crippen LogP contribution in [0.1, 0.15) is 33.6 Å². The minimum Gasteiger partial charge on any atom is -0.478 e. The number of aromatic carboxylic acids is 1. The number of benzene rings is 1. The number of halogens is 1. The summed E-state index contributed by atoms with van der Waals surface area (Å²) in [6.45, 7) is 1.73. The lowest BCUT2D eigenvalue weighted by molar-refractivity contribution is 0.0697. The first-order chi connectivity index (χ1) is 10.1. The molecule has 0 aliphatic rings. The van der Waals surface area contributed by atoms with Crippen LogP contribution in [0, 0.1) is 0 Å². The molecular formula is C16H18ClNO2S. The van der Waals surface area contributed by atoms with Gasteiger partial charge in [-0.2, -0.15) is 0 Å². The molecule has 0 atom stereocenters. The highest BCUT2D eigenvalue weighted by atomic mass is 35.5. The number of hydrogen-bond donors (Lipinski definition) is 2. The smallest absolute Gasteiger partial charge is 0.335 e. The van der Waals surface area contributed by atoms with E-state index in [4.69, 9.17) is 16.7 Å². The van der Waals surface area contributed by atoms with Gasteiger partial charge in [-0.15, -0.1) is 11.3 Å². The van der Waals surface area contributed by atoms with Gasteiger partial charge in [-0.1, -0.05) is 23.7 Å². The minimum atomic E-state index is -0.886. The maximum atomic E-state index is 10.7. The third kappa shape index (κ3) is 5.50. The Labute approximate surface area is 133 Å². The molecule has 1 aromatic heterocycles. The molecule has 3 nitrogen and oxygen atoms in total. The summed E-state index contributed by atoms with van der Waals surface area (Å²) >= 11 is 7.54. The molecule has 112 valence electrons. The number of hydrogen-bond acceptors (Lipinski definition) is 3. The van der Waals surface area contributed by atoms with E-state index in [1.54, 1.807) is 23.5 Å². The number of carboxylic acid groups (broad SMARTS) is 1. The van der Waals surface area contributed by atoms with Gasteiger partial charge in [-0.05, 0) is 55.6 Å². The summed E-state index contributed by atoms with van der Waals surface area (Å²) in [5.74, 6) is -0.886. The van der Waals surface area contributed by atoms with Crippen LogP contribution in [-0.2, 0) is 13.0 Å². The lowest BCUT2D eigenvalue weighted by Gasteiger charge is -2.05. The number of thiophene rings is 1. The first kappa shape index (κ1) is 16.0. The predicted molar refractivity (Wildman–Crippen MR) is 87.4 cm³/mol. The molecule has 5 heteroatoms. The highest BCUT2D eigenvalue weighted by Gasteiger charge is 2.01. The minimum absolute atomic E-state index is 0.327. The fourth-order valence-corrected chi connectivity index (χ4v) is 3.16. The van der Waals surface area contributed by atoms with Crippen LogP contribution >= 0.6 is 22.9 Å². The molecule has 0 aliphatic carbocycles. The molecule has 2 rings (SSSR count). The summed E-state index contributed by atoms with van der Waals surface area (Å²) in [6.07, 6.45) is 3.33. The fraction of sp³-hybridized carbons (Fsp3) is 0.312. The van der Waals surface area contributed by atoms with E-state index in [2.05, 4.69) is 11.4 Å². The average Bonchev–Trinajstić information content (AvgIpc) is 2.89. The van der Waals surface area contributed by atoms with E-state index in [-0.39, 0.29) is 0 Å². The number of rotatable bonds is 8. The lowest BCUT2D eigenvalue weighted by atomic mass is 10.1. The molecule has 21 heavy (non-hydrogen) atoms. The molecule has 0 amide bonds. The van der Waals surface area contributed by atoms with Crippen molar-refractivity contribution in [1.29, 1.82) is 0 Å². The van der Waals surface area contributed by atoms with E-state index >= 15 is 0 Å². The van der Waals surface area contributed by atoms with E-state index in [9.17, 15) is 4.79 Å². The van der Waals surface area contributed by atoms with Crippen molar-refractivity contribution in [3.63, 3.8) is 0 Å². The van der Waals surface area contributed by atoms with Gasteiger partial charge in [0.25, 0.3) is 0 Å². The van der Waals surface area contributed by atoms with Gasteiger partial charge in [0.2, 0.25) is 0 Å². The van der Waals surface area contributed by atoms with Gasteiger partial charge in [0.15, 0.2) is 0 Å². The highest BCUT2D eigenvalue weighted by molar-refractivity contribution is 7.16. The zero-order valence-corrected chi connectivity index (χ0v) is 13.2. The molecule has 0 fully saturated rings. The SMILES string of the molecule is O=C(O)c1ccc(CNCCCCc2ccc(Cl)s2)cc1. The monoisotopic (exact) mass is 323 g/mol. The van der Waals surface area contributed by atoms with Gasteiger partial charge in [0, 0.05) is 11.4 Å². The van der Waals surface area contributed by atoms with Crippen molar-refractivity contribution in [3.8, 4) is 0 Å². The summed E-state index contributed by atoms with van der Waals surface area (Å²) in [5.41, 5.74) is 1.43. The number of unbranched alkanes of at least 4 members (excludes halogenated alkanes) is 1. The molecule has 0 spiro atoms. The molecule has 0 aliphatic heterocycles. The summed E-state index contributed by atoms with van der Waals surface area (Å²) in [7, 11) is 0. The Morgan fingerprint density at radius 2 is 1.90 bits per heavy atom. The molecule has 1 heterocycles. The van der Waals surface area contributed by atoms with E-state index in [1.165, 1.54) is 4.88 Å². The van der Waals surface area contributed by atoms with E-state index < -0.39 is 5.97 Å². The van der Waals surface area contributed by atoms with Crippen LogP contribution in [0.2, 0.25) is 4.34 Å². The van der Waals surface area contributed by atoms with Crippen LogP contribution in [0.3, 0.4) is 0 Å². The van der Waals surface area contributed by atoms with Crippen LogP contribution in [0.4, 0.5) is 0 Å². The van der Waals surface area contributed by atoms with Gasteiger partial charge >= 0.3 is 5.97 Å². The summed E-state index contributed by atoms with van der Waals surface area (Å²) in [4.78, 5) is 12.1. The number of aryl methyl sites for hydroxylation is 1. The van der Waals surface area contributed by atoms with Crippen LogP contribution in [-0.4, -0.2) is 17.6 Å². The van der Waals surface area contributed by atoms with E-state index in [1.807, 2.05) is 18.2 Å². The Bertz CT molecular complexity index is 580. The quantitative estimate of drug-likeness (QED) is 0.715. The summed E-state index contributed by atoms with van der Waals surface area (Å²) in [5, 5.41) is 12.2. The molecule has 2 N–H and O–H groups in total. The van der Waals surface area contributed by atoms with Gasteiger partial charge in [0.1, 0.15) is 0 Å². The fourth-order valence-electron chi connectivity index (χ4n) is 2.03. The van der Waals surface area contributed by atoms with Crippen LogP contribution < -0.4 is 5.32 Å². The maximum Gasteiger partial charge on any atom is 0.335 e. The van der Waals surface area contributed by atoms with Crippen molar-refractivity contribution in [2.45, 2.75) is 25.8 Å². The Morgan fingerprint density at radius 1 is 1.14 bits per heavy atom. The Hall–Kier alpha value is -1.36. The second-order valence-electron chi connectivity index (χ2n) is 4.84. The molecule has 0 bridgehead atoms. The van der Waals surface area contributed by atoms with Gasteiger partial charge in [-0.3, -0.25) is 0 Å². The largest absolute Gasteiger partial charge is 0.478 e. The summed E-state index contributed by atoms with van der Waals surface area (Å²) in [6, 6.07) is 11.0. The number of nitrogens with one attached hydrogen (secondary N) is 1. The van der Waals surface area contributed by atoms with Crippen molar-refractivity contribution in [3.05, 3.63) is 56.7 Å². The third-order valence-electron chi connectivity index (χ3n) is 3.19. The van der Waals surface area contributed by atoms with Gasteiger partial charge < -0.3 is 10.4 Å². The second-order valence-corrected chi connectivity index (χ2v) is 6.64. The lowest BCUT2D eigenvalue weighted by Crippen LogP contribution is -2.14. The van der Waals surface area contributed by atoms with Crippen molar-refractivity contribution < 1.29 is 9.90 Å². The Morgan fingerprint density at radius 3 is 2.52 bits per heavy atom. The zero-order valence-electron chi connectivity index (χ0n) is 11.6. The van der Waals surface area contributed by atoms with Crippen molar-refractivity contribution in [2.24, 2.45) is 0 Å². The number of carboxylic acids is 1. The van der Waals surface area contributed by atoms with Gasteiger partial charge in [-0.25, -0.2) is 4.79 Å². The van der Waals surface area contributed by atoms with Crippen LogP contribution in [0.5, 0.6) is 0 Å². The van der Waals surface area contributed by atoms with Crippen LogP contribution in [0.25, 0.3) is 0 Å². The highest BCUT2D eigenvalue weighted by Crippen LogP contribution is 2.22. The number of carbonyl (C=O) groups is 1. The first-order valence-corrected chi connectivity index (χ1v) is 8.12. The topological polar surface area (TPSA) is 49.3 Å². The zero-order chi connectivity index (χ0) is 15.1. The average molecular weight is 324 g/mol. The third-order valence-corrected chi connectivity index (χ3v) is 4.48. The normalized spacial score (nSPS) is 10.7. The molecule has 0 saturated heterocycles. The van der Waals surface area contributed by atoms with Crippen LogP contribution in [0.15, 0.2) is 36.4 Å². The maximum absolute atomic E-state index is 10.7. The summed E-state index contributed by atoms with van der Waals surface area (Å²) < 4.78 is 0.855. The predicted octanol–water partition coefficient (Wildman–Crippen LogP) is 4.21. The first-order valence-electron chi connectivity index (χ1n) is 6.92. The van der Waals surface area contributed by atoms with Gasteiger partial charge in [0.05, 0.1) is 9.90 Å². The Kier molecular flexibility index (Phi) is 6.23. The molecule has 0 radical (unpaired) electrons. The standard InChI is InChI=1S/C16H18ClNO2S/c17-15-9-8-14(21-15)3-1-2-10-18-11-12-4-6-13(7-5-12)16(19)20/h4-9,18H,1-3,10-11H2,(H,19,20). The second kappa shape index (κ2) is 8.17. The van der Waals surface area contributed by atoms with Crippen molar-refractivity contribution >= 4 is 28.9 Å². The van der Waals surface area contributed by atoms with E-state index in [0.29, 0.717) is 5.56 Å². The Balaban J connectivity index is 1.60. The molecule has 0 saturated carbocycles.